The summed E-state index contributed by atoms with van der Waals surface area (Å²) < 4.78 is 10.7. The van der Waals surface area contributed by atoms with E-state index in [2.05, 4.69) is 0 Å². The topological polar surface area (TPSA) is 17.1 Å². The van der Waals surface area contributed by atoms with Gasteiger partial charge in [0.05, 0.1) is 0 Å². The normalized spacial score (nSPS) is 11.2. The van der Waals surface area contributed by atoms with Gasteiger partial charge in [-0.1, -0.05) is 17.7 Å². The highest BCUT2D eigenvalue weighted by molar-refractivity contribution is 7.80. The molecule has 0 saturated carbocycles. The van der Waals surface area contributed by atoms with E-state index in [1.165, 1.54) is 0 Å². The average molecular weight is 174 g/mol. The smallest absolute Gasteiger partial charge is 0.0547 e. The molecular weight excluding hydrogens is 167 g/mol. The Kier molecular flexibility index (Phi) is 2.42. The van der Waals surface area contributed by atoms with E-state index in [9.17, 15) is 4.57 Å². The molecule has 0 amide bonds. The van der Waals surface area contributed by atoms with Gasteiger partial charge in [-0.3, -0.25) is 0 Å². The summed E-state index contributed by atoms with van der Waals surface area (Å²) in [5.41, 5.74) is 1.15. The molecule has 0 fully saturated rings. The Morgan fingerprint density at radius 3 is 2.20 bits per heavy atom. The van der Waals surface area contributed by atoms with E-state index in [0.29, 0.717) is 5.30 Å². The standard InChI is InChI=1S/C7H7ClOP/c1-6-2-4-7(5-3-6)10(8)9/h2-5H,1H3/q+1. The Bertz CT molecular complexity index is 242. The molecule has 1 atom stereocenters. The lowest BCUT2D eigenvalue weighted by atomic mass is 10.2. The van der Waals surface area contributed by atoms with Gasteiger partial charge in [0.2, 0.25) is 16.5 Å². The predicted molar refractivity (Wildman–Crippen MR) is 44.3 cm³/mol. The fraction of sp³-hybridized carbons (Fsp3) is 0.143. The number of hydrogen-bond acceptors (Lipinski definition) is 1. The maximum absolute atomic E-state index is 10.7. The average Bonchev–Trinajstić information content (AvgIpc) is 1.88. The molecule has 0 heterocycles. The monoisotopic (exact) mass is 173 g/mol. The van der Waals surface area contributed by atoms with Crippen molar-refractivity contribution in [3.8, 4) is 0 Å². The van der Waals surface area contributed by atoms with Gasteiger partial charge in [0.15, 0.2) is 0 Å². The molecule has 1 aromatic carbocycles. The minimum atomic E-state index is -1.69. The second-order valence-electron chi connectivity index (χ2n) is 2.08. The van der Waals surface area contributed by atoms with Crippen molar-refractivity contribution >= 4 is 23.7 Å². The highest BCUT2D eigenvalue weighted by atomic mass is 35.7. The molecule has 0 aromatic heterocycles. The highest BCUT2D eigenvalue weighted by Crippen LogP contribution is 2.24. The summed E-state index contributed by atoms with van der Waals surface area (Å²) in [5.74, 6) is 0. The second kappa shape index (κ2) is 3.14. The summed E-state index contributed by atoms with van der Waals surface area (Å²) in [6.45, 7) is 1.98. The zero-order valence-corrected chi connectivity index (χ0v) is 7.19. The van der Waals surface area contributed by atoms with Gasteiger partial charge >= 0.3 is 7.15 Å². The van der Waals surface area contributed by atoms with Crippen molar-refractivity contribution < 1.29 is 4.57 Å². The van der Waals surface area contributed by atoms with E-state index in [1.807, 2.05) is 19.1 Å². The maximum atomic E-state index is 10.7. The Balaban J connectivity index is 3.00. The quantitative estimate of drug-likeness (QED) is 0.597. The van der Waals surface area contributed by atoms with Crippen molar-refractivity contribution in [1.29, 1.82) is 0 Å². The van der Waals surface area contributed by atoms with Crippen molar-refractivity contribution in [3.63, 3.8) is 0 Å². The highest BCUT2D eigenvalue weighted by Gasteiger charge is 2.14. The SMILES string of the molecule is Cc1ccc([P+](=O)Cl)cc1. The number of hydrogen-bond donors (Lipinski definition) is 0. The van der Waals surface area contributed by atoms with Crippen LogP contribution < -0.4 is 5.30 Å². The van der Waals surface area contributed by atoms with E-state index < -0.39 is 7.15 Å². The van der Waals surface area contributed by atoms with Crippen LogP contribution in [0.15, 0.2) is 24.3 Å². The molecule has 0 bridgehead atoms. The summed E-state index contributed by atoms with van der Waals surface area (Å²) in [6.07, 6.45) is 0. The van der Waals surface area contributed by atoms with Gasteiger partial charge in [-0.15, -0.1) is 0 Å². The van der Waals surface area contributed by atoms with Crippen molar-refractivity contribution in [2.24, 2.45) is 0 Å². The molecular formula is C7H7ClOP+. The van der Waals surface area contributed by atoms with Crippen LogP contribution in [0.5, 0.6) is 0 Å². The van der Waals surface area contributed by atoms with E-state index in [4.69, 9.17) is 11.2 Å². The van der Waals surface area contributed by atoms with Gasteiger partial charge in [0.1, 0.15) is 0 Å². The summed E-state index contributed by atoms with van der Waals surface area (Å²) >= 11 is 5.36. The second-order valence-corrected chi connectivity index (χ2v) is 4.01. The molecule has 1 rings (SSSR count). The van der Waals surface area contributed by atoms with Gasteiger partial charge in [0.25, 0.3) is 0 Å². The molecule has 0 aliphatic rings. The fourth-order valence-electron chi connectivity index (χ4n) is 0.662. The minimum Gasteiger partial charge on any atom is -0.0547 e. The zero-order valence-electron chi connectivity index (χ0n) is 5.54. The van der Waals surface area contributed by atoms with Crippen LogP contribution in [0.1, 0.15) is 5.56 Å². The predicted octanol–water partition coefficient (Wildman–Crippen LogP) is 2.60. The van der Waals surface area contributed by atoms with Crippen molar-refractivity contribution in [2.45, 2.75) is 6.92 Å². The van der Waals surface area contributed by atoms with Crippen LogP contribution in [0.4, 0.5) is 0 Å². The van der Waals surface area contributed by atoms with Crippen molar-refractivity contribution in [1.82, 2.24) is 0 Å². The lowest BCUT2D eigenvalue weighted by Crippen LogP contribution is -1.90. The Morgan fingerprint density at radius 2 is 1.80 bits per heavy atom. The largest absolute Gasteiger partial charge is 0.494 e. The third kappa shape index (κ3) is 1.80. The molecule has 3 heteroatoms. The maximum Gasteiger partial charge on any atom is 0.494 e. The van der Waals surface area contributed by atoms with Crippen LogP contribution in [0.3, 0.4) is 0 Å². The summed E-state index contributed by atoms with van der Waals surface area (Å²) in [4.78, 5) is 0. The summed E-state index contributed by atoms with van der Waals surface area (Å²) in [5, 5.41) is 0.697. The summed E-state index contributed by atoms with van der Waals surface area (Å²) in [6, 6.07) is 7.35. The third-order valence-corrected chi connectivity index (χ3v) is 2.53. The molecule has 1 unspecified atom stereocenters. The van der Waals surface area contributed by atoms with Crippen molar-refractivity contribution in [2.75, 3.05) is 0 Å². The molecule has 10 heavy (non-hydrogen) atoms. The summed E-state index contributed by atoms with van der Waals surface area (Å²) in [7, 11) is -1.69. The van der Waals surface area contributed by atoms with Crippen LogP contribution in [0, 0.1) is 6.92 Å². The first-order valence-electron chi connectivity index (χ1n) is 2.90. The van der Waals surface area contributed by atoms with E-state index in [1.54, 1.807) is 12.1 Å². The Morgan fingerprint density at radius 1 is 1.30 bits per heavy atom. The van der Waals surface area contributed by atoms with E-state index >= 15 is 0 Å². The fourth-order valence-corrected chi connectivity index (χ4v) is 1.38. The van der Waals surface area contributed by atoms with Gasteiger partial charge < -0.3 is 0 Å². The molecule has 1 aromatic rings. The van der Waals surface area contributed by atoms with Gasteiger partial charge in [-0.25, -0.2) is 0 Å². The first kappa shape index (κ1) is 7.71. The van der Waals surface area contributed by atoms with Gasteiger partial charge in [0, 0.05) is 0 Å². The molecule has 0 radical (unpaired) electrons. The van der Waals surface area contributed by atoms with Crippen LogP contribution >= 0.6 is 18.4 Å². The number of benzene rings is 1. The molecule has 0 saturated heterocycles. The third-order valence-electron chi connectivity index (χ3n) is 1.24. The molecule has 1 nitrogen and oxygen atoms in total. The minimum absolute atomic E-state index is 0.697. The molecule has 0 spiro atoms. The molecule has 0 aliphatic carbocycles. The van der Waals surface area contributed by atoms with Crippen molar-refractivity contribution in [3.05, 3.63) is 29.8 Å². The van der Waals surface area contributed by atoms with Crippen LogP contribution in [0.25, 0.3) is 0 Å². The first-order valence-corrected chi connectivity index (χ1v) is 5.06. The van der Waals surface area contributed by atoms with Crippen LogP contribution in [-0.4, -0.2) is 0 Å². The Hall–Kier alpha value is -0.390. The lowest BCUT2D eigenvalue weighted by molar-refractivity contribution is 0.600. The molecule has 52 valence electrons. The molecule has 0 aliphatic heterocycles. The Labute approximate surface area is 65.6 Å². The lowest BCUT2D eigenvalue weighted by Gasteiger charge is -1.85. The van der Waals surface area contributed by atoms with E-state index in [-0.39, 0.29) is 0 Å². The first-order chi connectivity index (χ1) is 4.70. The molecule has 0 N–H and O–H groups in total. The van der Waals surface area contributed by atoms with E-state index in [0.717, 1.165) is 5.56 Å². The number of aryl methyl sites for hydroxylation is 1. The van der Waals surface area contributed by atoms with Crippen LogP contribution in [0.2, 0.25) is 0 Å². The zero-order chi connectivity index (χ0) is 7.56. The van der Waals surface area contributed by atoms with Gasteiger partial charge in [-0.05, 0) is 23.6 Å². The number of rotatable bonds is 1. The van der Waals surface area contributed by atoms with Gasteiger partial charge in [-0.2, -0.15) is 0 Å². The number of halogens is 1. The van der Waals surface area contributed by atoms with Crippen LogP contribution in [-0.2, 0) is 4.57 Å².